The van der Waals surface area contributed by atoms with E-state index in [1.165, 1.54) is 19.2 Å². The third kappa shape index (κ3) is 3.87. The average molecular weight is 267 g/mol. The topological polar surface area (TPSA) is 133 Å². The Morgan fingerprint density at radius 1 is 1.37 bits per heavy atom. The third-order valence-corrected chi connectivity index (χ3v) is 2.23. The van der Waals surface area contributed by atoms with Crippen molar-refractivity contribution < 1.29 is 24.6 Å². The minimum atomic E-state index is -1.20. The molecular formula is C11H13N3O5. The number of nitrogens with two attached hydrogens (primary N) is 1. The van der Waals surface area contributed by atoms with E-state index in [-0.39, 0.29) is 23.5 Å². The number of aromatic carboxylic acids is 1. The molecule has 0 aliphatic heterocycles. The summed E-state index contributed by atoms with van der Waals surface area (Å²) in [5.41, 5.74) is 4.86. The molecule has 3 amide bonds. The summed E-state index contributed by atoms with van der Waals surface area (Å²) in [5, 5.41) is 20.6. The average Bonchev–Trinajstić information content (AvgIpc) is 2.30. The minimum absolute atomic E-state index is 0.0336. The smallest absolute Gasteiger partial charge is 0.335 e. The van der Waals surface area contributed by atoms with Gasteiger partial charge in [0.15, 0.2) is 0 Å². The van der Waals surface area contributed by atoms with Crippen LogP contribution in [0.1, 0.15) is 10.4 Å². The maximum absolute atomic E-state index is 11.6. The molecule has 0 aliphatic carbocycles. The number of hydrogen-bond acceptors (Lipinski definition) is 4. The predicted octanol–water partition coefficient (Wildman–Crippen LogP) is 0.0394. The van der Waals surface area contributed by atoms with Crippen molar-refractivity contribution in [1.82, 2.24) is 4.90 Å². The molecule has 0 aromatic heterocycles. The van der Waals surface area contributed by atoms with Crippen LogP contribution in [0.3, 0.4) is 0 Å². The van der Waals surface area contributed by atoms with Crippen molar-refractivity contribution in [3.05, 3.63) is 23.8 Å². The maximum atomic E-state index is 11.6. The number of carboxylic acids is 1. The standard InChI is InChI=1S/C11H13N3O5/c1-14(5-9(12)16)11(19)13-7-3-2-6(10(17)18)4-8(7)15/h2-4,15H,5H2,1H3,(H2,12,16)(H,13,19)(H,17,18). The molecule has 0 heterocycles. The third-order valence-electron chi connectivity index (χ3n) is 2.23. The summed E-state index contributed by atoms with van der Waals surface area (Å²) in [6, 6.07) is 2.82. The molecule has 0 fully saturated rings. The van der Waals surface area contributed by atoms with Crippen LogP contribution >= 0.6 is 0 Å². The Hall–Kier alpha value is -2.77. The van der Waals surface area contributed by atoms with E-state index < -0.39 is 17.9 Å². The number of phenols is 1. The van der Waals surface area contributed by atoms with Crippen molar-refractivity contribution in [3.63, 3.8) is 0 Å². The van der Waals surface area contributed by atoms with Gasteiger partial charge in [0.2, 0.25) is 5.91 Å². The Balaban J connectivity index is 2.80. The highest BCUT2D eigenvalue weighted by atomic mass is 16.4. The SMILES string of the molecule is CN(CC(N)=O)C(=O)Nc1ccc(C(=O)O)cc1O. The molecule has 19 heavy (non-hydrogen) atoms. The molecule has 0 atom stereocenters. The van der Waals surface area contributed by atoms with Gasteiger partial charge < -0.3 is 26.2 Å². The fourth-order valence-electron chi connectivity index (χ4n) is 1.29. The van der Waals surface area contributed by atoms with Crippen LogP contribution in [0.25, 0.3) is 0 Å². The van der Waals surface area contributed by atoms with Crippen LogP contribution in [0, 0.1) is 0 Å². The second-order valence-corrected chi connectivity index (χ2v) is 3.79. The first-order valence-electron chi connectivity index (χ1n) is 5.18. The number of nitrogens with zero attached hydrogens (tertiary/aromatic N) is 1. The largest absolute Gasteiger partial charge is 0.506 e. The monoisotopic (exact) mass is 267 g/mol. The predicted molar refractivity (Wildman–Crippen MR) is 65.9 cm³/mol. The molecule has 0 aliphatic rings. The lowest BCUT2D eigenvalue weighted by Gasteiger charge is -2.16. The van der Waals surface area contributed by atoms with E-state index in [9.17, 15) is 19.5 Å². The van der Waals surface area contributed by atoms with Gasteiger partial charge in [-0.2, -0.15) is 0 Å². The van der Waals surface area contributed by atoms with E-state index in [4.69, 9.17) is 10.8 Å². The Kier molecular flexibility index (Phi) is 4.30. The normalized spacial score (nSPS) is 9.74. The molecule has 102 valence electrons. The summed E-state index contributed by atoms with van der Waals surface area (Å²) < 4.78 is 0. The lowest BCUT2D eigenvalue weighted by Crippen LogP contribution is -2.38. The number of likely N-dealkylation sites (N-methyl/N-ethyl adjacent to an activating group) is 1. The summed E-state index contributed by atoms with van der Waals surface area (Å²) in [6.07, 6.45) is 0. The summed E-state index contributed by atoms with van der Waals surface area (Å²) in [7, 11) is 1.35. The van der Waals surface area contributed by atoms with Crippen LogP contribution in [0.4, 0.5) is 10.5 Å². The van der Waals surface area contributed by atoms with E-state index in [1.54, 1.807) is 0 Å². The minimum Gasteiger partial charge on any atom is -0.506 e. The van der Waals surface area contributed by atoms with E-state index >= 15 is 0 Å². The Bertz CT molecular complexity index is 529. The van der Waals surface area contributed by atoms with Gasteiger partial charge in [-0.1, -0.05) is 0 Å². The molecule has 0 radical (unpaired) electrons. The zero-order valence-electron chi connectivity index (χ0n) is 10.1. The maximum Gasteiger partial charge on any atom is 0.335 e. The molecule has 5 N–H and O–H groups in total. The fourth-order valence-corrected chi connectivity index (χ4v) is 1.29. The van der Waals surface area contributed by atoms with Gasteiger partial charge in [-0.15, -0.1) is 0 Å². The fraction of sp³-hybridized carbons (Fsp3) is 0.182. The summed E-state index contributed by atoms with van der Waals surface area (Å²) in [4.78, 5) is 33.9. The van der Waals surface area contributed by atoms with Gasteiger partial charge in [0, 0.05) is 7.05 Å². The van der Waals surface area contributed by atoms with Crippen LogP contribution in [-0.4, -0.2) is 46.6 Å². The lowest BCUT2D eigenvalue weighted by atomic mass is 10.2. The molecule has 1 rings (SSSR count). The van der Waals surface area contributed by atoms with Crippen LogP contribution in [0.2, 0.25) is 0 Å². The molecule has 0 unspecified atom stereocenters. The van der Waals surface area contributed by atoms with Gasteiger partial charge in [0.05, 0.1) is 11.3 Å². The Morgan fingerprint density at radius 2 is 2.00 bits per heavy atom. The Labute approximate surface area is 108 Å². The number of hydrogen-bond donors (Lipinski definition) is 4. The number of phenolic OH excluding ortho intramolecular Hbond substituents is 1. The molecule has 0 saturated heterocycles. The summed E-state index contributed by atoms with van der Waals surface area (Å²) in [5.74, 6) is -2.26. The Morgan fingerprint density at radius 3 is 2.47 bits per heavy atom. The van der Waals surface area contributed by atoms with Gasteiger partial charge in [-0.25, -0.2) is 9.59 Å². The van der Waals surface area contributed by atoms with E-state index in [0.717, 1.165) is 11.0 Å². The molecule has 0 spiro atoms. The number of anilines is 1. The van der Waals surface area contributed by atoms with Crippen molar-refractivity contribution in [2.45, 2.75) is 0 Å². The van der Waals surface area contributed by atoms with Crippen molar-refractivity contribution in [3.8, 4) is 5.75 Å². The second-order valence-electron chi connectivity index (χ2n) is 3.79. The molecule has 1 aromatic carbocycles. The molecule has 8 nitrogen and oxygen atoms in total. The first-order valence-corrected chi connectivity index (χ1v) is 5.18. The van der Waals surface area contributed by atoms with Gasteiger partial charge in [0.1, 0.15) is 12.3 Å². The van der Waals surface area contributed by atoms with Gasteiger partial charge >= 0.3 is 12.0 Å². The first kappa shape index (κ1) is 14.3. The summed E-state index contributed by atoms with van der Waals surface area (Å²) >= 11 is 0. The van der Waals surface area contributed by atoms with Gasteiger partial charge in [0.25, 0.3) is 0 Å². The summed E-state index contributed by atoms with van der Waals surface area (Å²) in [6.45, 7) is -0.278. The number of aromatic hydroxyl groups is 1. The van der Waals surface area contributed by atoms with Gasteiger partial charge in [-0.3, -0.25) is 4.79 Å². The lowest BCUT2D eigenvalue weighted by molar-refractivity contribution is -0.118. The number of urea groups is 1. The number of benzene rings is 1. The zero-order chi connectivity index (χ0) is 14.6. The van der Waals surface area contributed by atoms with Crippen LogP contribution in [-0.2, 0) is 4.79 Å². The number of nitrogens with one attached hydrogen (secondary N) is 1. The van der Waals surface area contributed by atoms with E-state index in [0.29, 0.717) is 0 Å². The highest BCUT2D eigenvalue weighted by molar-refractivity contribution is 5.94. The zero-order valence-corrected chi connectivity index (χ0v) is 10.1. The van der Waals surface area contributed by atoms with Crippen molar-refractivity contribution in [2.75, 3.05) is 18.9 Å². The van der Waals surface area contributed by atoms with Crippen molar-refractivity contribution in [1.29, 1.82) is 0 Å². The molecular weight excluding hydrogens is 254 g/mol. The quantitative estimate of drug-likeness (QED) is 0.571. The molecule has 0 saturated carbocycles. The number of carbonyl (C=O) groups excluding carboxylic acids is 2. The van der Waals surface area contributed by atoms with Crippen LogP contribution in [0.15, 0.2) is 18.2 Å². The van der Waals surface area contributed by atoms with Crippen LogP contribution in [0.5, 0.6) is 5.75 Å². The number of amides is 3. The van der Waals surface area contributed by atoms with Crippen LogP contribution < -0.4 is 11.1 Å². The molecule has 1 aromatic rings. The number of carboxylic acid groups (broad SMARTS) is 1. The second kappa shape index (κ2) is 5.71. The van der Waals surface area contributed by atoms with E-state index in [2.05, 4.69) is 5.32 Å². The van der Waals surface area contributed by atoms with Crippen molar-refractivity contribution in [2.24, 2.45) is 5.73 Å². The first-order chi connectivity index (χ1) is 8.81. The highest BCUT2D eigenvalue weighted by Gasteiger charge is 2.14. The van der Waals surface area contributed by atoms with Crippen molar-refractivity contribution >= 4 is 23.6 Å². The highest BCUT2D eigenvalue weighted by Crippen LogP contribution is 2.24. The number of rotatable bonds is 4. The molecule has 8 heteroatoms. The number of carbonyl (C=O) groups is 3. The number of primary amides is 1. The van der Waals surface area contributed by atoms with E-state index in [1.807, 2.05) is 0 Å². The molecule has 0 bridgehead atoms. The van der Waals surface area contributed by atoms with Gasteiger partial charge in [-0.05, 0) is 18.2 Å².